The van der Waals surface area contributed by atoms with E-state index in [9.17, 15) is 15.0 Å². The number of hydrogen-bond donors (Lipinski definition) is 4. The molecule has 0 aliphatic rings. The third kappa shape index (κ3) is 3.19. The van der Waals surface area contributed by atoms with Gasteiger partial charge in [0.05, 0.1) is 10.2 Å². The van der Waals surface area contributed by atoms with Crippen LogP contribution in [0.25, 0.3) is 10.2 Å². The van der Waals surface area contributed by atoms with Gasteiger partial charge in [-0.15, -0.1) is 0 Å². The molecule has 1 heterocycles. The quantitative estimate of drug-likeness (QED) is 0.649. The van der Waals surface area contributed by atoms with Crippen molar-refractivity contribution < 1.29 is 15.0 Å². The van der Waals surface area contributed by atoms with Gasteiger partial charge in [0.25, 0.3) is 0 Å². The van der Waals surface area contributed by atoms with Crippen LogP contribution in [0.3, 0.4) is 0 Å². The van der Waals surface area contributed by atoms with Gasteiger partial charge in [0, 0.05) is 13.5 Å². The molecule has 5 N–H and O–H groups in total. The Morgan fingerprint density at radius 1 is 1.53 bits per heavy atom. The van der Waals surface area contributed by atoms with Crippen LogP contribution < -0.4 is 11.1 Å². The van der Waals surface area contributed by atoms with Crippen LogP contribution in [-0.2, 0) is 4.79 Å². The monoisotopic (exact) mass is 281 g/mol. The van der Waals surface area contributed by atoms with Crippen LogP contribution in [0.1, 0.15) is 18.6 Å². The van der Waals surface area contributed by atoms with Gasteiger partial charge in [-0.3, -0.25) is 4.79 Å². The Balaban J connectivity index is 2.15. The van der Waals surface area contributed by atoms with E-state index in [0.717, 1.165) is 10.2 Å². The fourth-order valence-electron chi connectivity index (χ4n) is 1.73. The molecule has 7 heteroatoms. The molecule has 0 saturated carbocycles. The van der Waals surface area contributed by atoms with Gasteiger partial charge in [-0.2, -0.15) is 0 Å². The van der Waals surface area contributed by atoms with E-state index in [4.69, 9.17) is 5.73 Å². The number of thiazole rings is 1. The fourth-order valence-corrected chi connectivity index (χ4v) is 2.51. The van der Waals surface area contributed by atoms with Crippen LogP contribution in [0.2, 0.25) is 0 Å². The van der Waals surface area contributed by atoms with Crippen molar-refractivity contribution in [3.8, 4) is 0 Å². The molecule has 102 valence electrons. The number of aromatic nitrogens is 1. The van der Waals surface area contributed by atoms with Crippen LogP contribution in [0, 0.1) is 0 Å². The van der Waals surface area contributed by atoms with Crippen molar-refractivity contribution in [2.75, 3.05) is 12.3 Å². The second-order valence-corrected chi connectivity index (χ2v) is 5.29. The molecule has 2 rings (SSSR count). The Morgan fingerprint density at radius 2 is 2.26 bits per heavy atom. The number of aliphatic hydroxyl groups is 2. The summed E-state index contributed by atoms with van der Waals surface area (Å²) in [6, 6.07) is 5.17. The number of carbonyl (C=O) groups excluding carboxylic acids is 1. The van der Waals surface area contributed by atoms with Crippen molar-refractivity contribution in [3.63, 3.8) is 0 Å². The summed E-state index contributed by atoms with van der Waals surface area (Å²) in [6.07, 6.45) is -2.13. The summed E-state index contributed by atoms with van der Waals surface area (Å²) in [7, 11) is 0. The average Bonchev–Trinajstić information content (AvgIpc) is 2.73. The topological polar surface area (TPSA) is 108 Å². The van der Waals surface area contributed by atoms with Crippen LogP contribution in [0.5, 0.6) is 0 Å². The van der Waals surface area contributed by atoms with Crippen LogP contribution in [-0.4, -0.2) is 33.8 Å². The van der Waals surface area contributed by atoms with E-state index in [0.29, 0.717) is 10.7 Å². The van der Waals surface area contributed by atoms with E-state index in [1.165, 1.54) is 18.3 Å². The lowest BCUT2D eigenvalue weighted by atomic mass is 10.0. The van der Waals surface area contributed by atoms with Gasteiger partial charge < -0.3 is 21.3 Å². The van der Waals surface area contributed by atoms with Crippen molar-refractivity contribution in [2.45, 2.75) is 19.1 Å². The van der Waals surface area contributed by atoms with Crippen LogP contribution in [0.4, 0.5) is 5.13 Å². The van der Waals surface area contributed by atoms with Crippen molar-refractivity contribution >= 4 is 32.6 Å². The van der Waals surface area contributed by atoms with E-state index in [2.05, 4.69) is 10.3 Å². The fraction of sp³-hybridized carbons (Fsp3) is 0.333. The molecule has 0 aliphatic heterocycles. The second kappa shape index (κ2) is 5.52. The first-order valence-corrected chi connectivity index (χ1v) is 6.55. The Kier molecular flexibility index (Phi) is 3.98. The molecule has 2 atom stereocenters. The summed E-state index contributed by atoms with van der Waals surface area (Å²) in [5.74, 6) is -0.253. The van der Waals surface area contributed by atoms with Gasteiger partial charge in [-0.1, -0.05) is 17.4 Å². The maximum atomic E-state index is 10.8. The van der Waals surface area contributed by atoms with E-state index in [1.807, 2.05) is 0 Å². The summed E-state index contributed by atoms with van der Waals surface area (Å²) < 4.78 is 0.848. The molecule has 0 aliphatic carbocycles. The van der Waals surface area contributed by atoms with Gasteiger partial charge in [0.15, 0.2) is 5.13 Å². The van der Waals surface area contributed by atoms with E-state index in [1.54, 1.807) is 18.2 Å². The van der Waals surface area contributed by atoms with E-state index >= 15 is 0 Å². The molecular weight excluding hydrogens is 266 g/mol. The molecule has 0 fully saturated rings. The third-order valence-electron chi connectivity index (χ3n) is 2.70. The molecule has 0 radical (unpaired) electrons. The van der Waals surface area contributed by atoms with Crippen molar-refractivity contribution in [1.29, 1.82) is 0 Å². The van der Waals surface area contributed by atoms with Gasteiger partial charge in [0.2, 0.25) is 5.91 Å². The molecule has 2 aromatic rings. The number of rotatable bonds is 4. The average molecular weight is 281 g/mol. The minimum absolute atomic E-state index is 0.000628. The number of nitrogens with two attached hydrogens (primary N) is 1. The Bertz CT molecular complexity index is 599. The number of nitrogens with zero attached hydrogens (tertiary/aromatic N) is 1. The molecule has 1 aromatic carbocycles. The first-order valence-electron chi connectivity index (χ1n) is 5.74. The summed E-state index contributed by atoms with van der Waals surface area (Å²) in [5.41, 5.74) is 6.93. The highest BCUT2D eigenvalue weighted by Crippen LogP contribution is 2.27. The highest BCUT2D eigenvalue weighted by atomic mass is 32.1. The van der Waals surface area contributed by atoms with Crippen LogP contribution >= 0.6 is 11.3 Å². The molecule has 2 unspecified atom stereocenters. The zero-order valence-corrected chi connectivity index (χ0v) is 11.1. The maximum absolute atomic E-state index is 10.8. The smallest absolute Gasteiger partial charge is 0.216 e. The molecule has 19 heavy (non-hydrogen) atoms. The largest absolute Gasteiger partial charge is 0.388 e. The predicted molar refractivity (Wildman–Crippen MR) is 73.7 cm³/mol. The lowest BCUT2D eigenvalue weighted by Gasteiger charge is -2.18. The van der Waals surface area contributed by atoms with E-state index < -0.39 is 12.2 Å². The SMILES string of the molecule is CC(=O)NCC(O)C(O)c1ccc2nc(N)sc2c1. The first kappa shape index (κ1) is 13.7. The predicted octanol–water partition coefficient (Wildman–Crippen LogP) is 0.409. The van der Waals surface area contributed by atoms with Crippen molar-refractivity contribution in [3.05, 3.63) is 23.8 Å². The zero-order valence-electron chi connectivity index (χ0n) is 10.3. The lowest BCUT2D eigenvalue weighted by molar-refractivity contribution is -0.119. The number of nitrogen functional groups attached to an aromatic ring is 1. The minimum Gasteiger partial charge on any atom is -0.388 e. The molecule has 0 spiro atoms. The van der Waals surface area contributed by atoms with Gasteiger partial charge in [-0.05, 0) is 17.7 Å². The van der Waals surface area contributed by atoms with Crippen molar-refractivity contribution in [1.82, 2.24) is 10.3 Å². The third-order valence-corrected chi connectivity index (χ3v) is 3.54. The number of benzene rings is 1. The summed E-state index contributed by atoms with van der Waals surface area (Å²) in [6.45, 7) is 1.35. The molecule has 6 nitrogen and oxygen atoms in total. The minimum atomic E-state index is -1.07. The summed E-state index contributed by atoms with van der Waals surface area (Å²) in [5, 5.41) is 22.7. The highest BCUT2D eigenvalue weighted by Gasteiger charge is 2.19. The first-order chi connectivity index (χ1) is 8.97. The molecule has 1 amide bonds. The summed E-state index contributed by atoms with van der Waals surface area (Å²) >= 11 is 1.32. The van der Waals surface area contributed by atoms with Gasteiger partial charge in [-0.25, -0.2) is 4.98 Å². The zero-order chi connectivity index (χ0) is 14.0. The number of anilines is 1. The second-order valence-electron chi connectivity index (χ2n) is 4.23. The number of carbonyl (C=O) groups is 1. The number of amides is 1. The molecular formula is C12H15N3O3S. The molecule has 0 saturated heterocycles. The number of fused-ring (bicyclic) bond motifs is 1. The number of nitrogens with one attached hydrogen (secondary N) is 1. The Hall–Kier alpha value is -1.70. The standard InChI is InChI=1S/C12H15N3O3S/c1-6(16)14-5-9(17)11(18)7-2-3-8-10(4-7)19-12(13)15-8/h2-4,9,11,17-18H,5H2,1H3,(H2,13,15)(H,14,16). The van der Waals surface area contributed by atoms with Gasteiger partial charge in [0.1, 0.15) is 12.2 Å². The number of aliphatic hydroxyl groups excluding tert-OH is 2. The highest BCUT2D eigenvalue weighted by molar-refractivity contribution is 7.22. The summed E-state index contributed by atoms with van der Waals surface area (Å²) in [4.78, 5) is 14.9. The van der Waals surface area contributed by atoms with E-state index in [-0.39, 0.29) is 12.5 Å². The van der Waals surface area contributed by atoms with Crippen LogP contribution in [0.15, 0.2) is 18.2 Å². The lowest BCUT2D eigenvalue weighted by Crippen LogP contribution is -2.34. The van der Waals surface area contributed by atoms with Crippen molar-refractivity contribution in [2.24, 2.45) is 0 Å². The molecule has 1 aromatic heterocycles. The maximum Gasteiger partial charge on any atom is 0.216 e. The Labute approximate surface area is 113 Å². The van der Waals surface area contributed by atoms with Gasteiger partial charge >= 0.3 is 0 Å². The number of hydrogen-bond acceptors (Lipinski definition) is 6. The normalized spacial score (nSPS) is 14.3. The molecule has 0 bridgehead atoms. The Morgan fingerprint density at radius 3 is 2.95 bits per heavy atom.